The number of piperazine rings is 1. The van der Waals surface area contributed by atoms with Crippen molar-refractivity contribution < 1.29 is 23.0 Å². The molecule has 1 heterocycles. The number of carbonyl (C=O) groups is 1. The second-order valence-corrected chi connectivity index (χ2v) is 6.85. The van der Waals surface area contributed by atoms with E-state index in [9.17, 15) is 13.6 Å². The highest BCUT2D eigenvalue weighted by atomic mass is 35.5. The van der Waals surface area contributed by atoms with Crippen LogP contribution in [0.1, 0.15) is 5.56 Å². The molecule has 3 rings (SSSR count). The zero-order valence-corrected chi connectivity index (χ0v) is 16.6. The summed E-state index contributed by atoms with van der Waals surface area (Å²) >= 11 is 6.04. The molecular weight excluding hydrogens is 402 g/mol. The lowest BCUT2D eigenvalue weighted by atomic mass is 10.1. The zero-order chi connectivity index (χ0) is 20.8. The Morgan fingerprint density at radius 1 is 1.10 bits per heavy atom. The first-order valence-electron chi connectivity index (χ1n) is 9.06. The average molecular weight is 423 g/mol. The Kier molecular flexibility index (Phi) is 6.93. The summed E-state index contributed by atoms with van der Waals surface area (Å²) in [7, 11) is 1.37. The van der Waals surface area contributed by atoms with E-state index in [-0.39, 0.29) is 17.4 Å². The van der Waals surface area contributed by atoms with Crippen molar-refractivity contribution in [3.63, 3.8) is 0 Å². The Bertz CT molecular complexity index is 884. The van der Waals surface area contributed by atoms with Crippen LogP contribution in [-0.2, 0) is 4.79 Å². The third-order valence-electron chi connectivity index (χ3n) is 4.59. The van der Waals surface area contributed by atoms with Gasteiger partial charge in [-0.2, -0.15) is 8.78 Å². The number of hydrogen-bond acceptors (Lipinski definition) is 4. The molecule has 0 spiro atoms. The molecule has 1 aliphatic rings. The summed E-state index contributed by atoms with van der Waals surface area (Å²) in [5.74, 6) is 0.0146. The minimum atomic E-state index is -2.93. The van der Waals surface area contributed by atoms with Gasteiger partial charge in [-0.1, -0.05) is 23.7 Å². The number of nitrogens with zero attached hydrogens (tertiary/aromatic N) is 2. The number of methoxy groups -OCH3 is 1. The maximum Gasteiger partial charge on any atom is 0.387 e. The molecule has 0 N–H and O–H groups in total. The number of halogens is 3. The highest BCUT2D eigenvalue weighted by Crippen LogP contribution is 2.30. The van der Waals surface area contributed by atoms with E-state index in [1.54, 1.807) is 23.1 Å². The van der Waals surface area contributed by atoms with Gasteiger partial charge in [-0.15, -0.1) is 0 Å². The number of rotatable bonds is 6. The fourth-order valence-corrected chi connectivity index (χ4v) is 3.30. The van der Waals surface area contributed by atoms with Gasteiger partial charge in [-0.05, 0) is 42.0 Å². The lowest BCUT2D eigenvalue weighted by molar-refractivity contribution is -0.126. The number of hydrogen-bond donors (Lipinski definition) is 0. The van der Waals surface area contributed by atoms with Crippen LogP contribution in [0.25, 0.3) is 6.08 Å². The third-order valence-corrected chi connectivity index (χ3v) is 4.82. The van der Waals surface area contributed by atoms with Crippen LogP contribution in [-0.4, -0.2) is 50.7 Å². The van der Waals surface area contributed by atoms with E-state index in [1.165, 1.54) is 19.3 Å². The van der Waals surface area contributed by atoms with E-state index in [4.69, 9.17) is 16.3 Å². The van der Waals surface area contributed by atoms with Gasteiger partial charge < -0.3 is 19.3 Å². The summed E-state index contributed by atoms with van der Waals surface area (Å²) in [5, 5.41) is 0.685. The highest BCUT2D eigenvalue weighted by molar-refractivity contribution is 6.30. The van der Waals surface area contributed by atoms with Crippen LogP contribution in [0.2, 0.25) is 5.02 Å². The Balaban J connectivity index is 1.58. The zero-order valence-electron chi connectivity index (χ0n) is 15.9. The molecule has 1 amide bonds. The lowest BCUT2D eigenvalue weighted by Gasteiger charge is -2.35. The van der Waals surface area contributed by atoms with E-state index < -0.39 is 6.61 Å². The second-order valence-electron chi connectivity index (χ2n) is 6.41. The third kappa shape index (κ3) is 5.60. The SMILES string of the molecule is COc1cc(/C=C/C(=O)N2CCN(c3cccc(Cl)c3)CC2)ccc1OC(F)F. The lowest BCUT2D eigenvalue weighted by Crippen LogP contribution is -2.48. The van der Waals surface area contributed by atoms with E-state index in [2.05, 4.69) is 9.64 Å². The summed E-state index contributed by atoms with van der Waals surface area (Å²) in [4.78, 5) is 16.4. The van der Waals surface area contributed by atoms with Crippen molar-refractivity contribution in [1.29, 1.82) is 0 Å². The number of alkyl halides is 2. The summed E-state index contributed by atoms with van der Waals surface area (Å²) in [6.07, 6.45) is 3.10. The van der Waals surface area contributed by atoms with E-state index in [0.29, 0.717) is 36.8 Å². The molecule has 154 valence electrons. The number of ether oxygens (including phenoxy) is 2. The summed E-state index contributed by atoms with van der Waals surface area (Å²) < 4.78 is 34.3. The maximum absolute atomic E-state index is 12.5. The second kappa shape index (κ2) is 9.60. The fraction of sp³-hybridized carbons (Fsp3) is 0.286. The molecular formula is C21H21ClF2N2O3. The topological polar surface area (TPSA) is 42.0 Å². The molecule has 2 aromatic rings. The molecule has 5 nitrogen and oxygen atoms in total. The summed E-state index contributed by atoms with van der Waals surface area (Å²) in [5.41, 5.74) is 1.69. The fourth-order valence-electron chi connectivity index (χ4n) is 3.11. The predicted octanol–water partition coefficient (Wildman–Crippen LogP) is 4.31. The predicted molar refractivity (Wildman–Crippen MR) is 109 cm³/mol. The van der Waals surface area contributed by atoms with E-state index in [1.807, 2.05) is 24.3 Å². The molecule has 0 saturated carbocycles. The Morgan fingerprint density at radius 3 is 2.52 bits per heavy atom. The smallest absolute Gasteiger partial charge is 0.387 e. The van der Waals surface area contributed by atoms with Gasteiger partial charge in [0, 0.05) is 43.0 Å². The first kappa shape index (κ1) is 20.9. The maximum atomic E-state index is 12.5. The van der Waals surface area contributed by atoms with Crippen LogP contribution in [0, 0.1) is 0 Å². The molecule has 0 radical (unpaired) electrons. The standard InChI is InChI=1S/C21H21ClF2N2O3/c1-28-19-13-15(5-7-18(19)29-21(23)24)6-8-20(27)26-11-9-25(10-12-26)17-4-2-3-16(22)14-17/h2-8,13-14,21H,9-12H2,1H3/b8-6+. The molecule has 2 aromatic carbocycles. The van der Waals surface area contributed by atoms with Crippen molar-refractivity contribution in [2.24, 2.45) is 0 Å². The first-order valence-corrected chi connectivity index (χ1v) is 9.44. The van der Waals surface area contributed by atoms with Crippen molar-refractivity contribution in [2.75, 3.05) is 38.2 Å². The molecule has 0 aliphatic carbocycles. The van der Waals surface area contributed by atoms with E-state index in [0.717, 1.165) is 5.69 Å². The number of carbonyl (C=O) groups excluding carboxylic acids is 1. The van der Waals surface area contributed by atoms with Crippen LogP contribution >= 0.6 is 11.6 Å². The van der Waals surface area contributed by atoms with Gasteiger partial charge in [-0.3, -0.25) is 4.79 Å². The van der Waals surface area contributed by atoms with Gasteiger partial charge in [0.25, 0.3) is 0 Å². The number of amides is 1. The quantitative estimate of drug-likeness (QED) is 0.650. The van der Waals surface area contributed by atoms with Crippen molar-refractivity contribution in [1.82, 2.24) is 4.90 Å². The Hall–Kier alpha value is -2.80. The number of anilines is 1. The first-order chi connectivity index (χ1) is 14.0. The minimum absolute atomic E-state index is 0.0527. The largest absolute Gasteiger partial charge is 0.493 e. The summed E-state index contributed by atoms with van der Waals surface area (Å²) in [6.45, 7) is -0.307. The van der Waals surface area contributed by atoms with Gasteiger partial charge in [0.2, 0.25) is 5.91 Å². The van der Waals surface area contributed by atoms with Crippen LogP contribution in [0.5, 0.6) is 11.5 Å². The number of benzene rings is 2. The van der Waals surface area contributed by atoms with Gasteiger partial charge in [-0.25, -0.2) is 0 Å². The van der Waals surface area contributed by atoms with Gasteiger partial charge >= 0.3 is 6.61 Å². The molecule has 0 bridgehead atoms. The van der Waals surface area contributed by atoms with E-state index >= 15 is 0 Å². The Labute approximate surface area is 173 Å². The van der Waals surface area contributed by atoms with Crippen molar-refractivity contribution in [3.05, 3.63) is 59.1 Å². The van der Waals surface area contributed by atoms with Crippen LogP contribution in [0.4, 0.5) is 14.5 Å². The van der Waals surface area contributed by atoms with Gasteiger partial charge in [0.1, 0.15) is 0 Å². The monoisotopic (exact) mass is 422 g/mol. The Morgan fingerprint density at radius 2 is 1.86 bits per heavy atom. The van der Waals surface area contributed by atoms with Gasteiger partial charge in [0.05, 0.1) is 7.11 Å². The molecule has 0 unspecified atom stereocenters. The van der Waals surface area contributed by atoms with Crippen LogP contribution < -0.4 is 14.4 Å². The highest BCUT2D eigenvalue weighted by Gasteiger charge is 2.20. The molecule has 29 heavy (non-hydrogen) atoms. The molecule has 0 aromatic heterocycles. The summed E-state index contributed by atoms with van der Waals surface area (Å²) in [6, 6.07) is 12.2. The van der Waals surface area contributed by atoms with Crippen molar-refractivity contribution in [2.45, 2.75) is 6.61 Å². The average Bonchev–Trinajstić information content (AvgIpc) is 2.72. The van der Waals surface area contributed by atoms with Gasteiger partial charge in [0.15, 0.2) is 11.5 Å². The molecule has 1 fully saturated rings. The molecule has 8 heteroatoms. The molecule has 1 aliphatic heterocycles. The minimum Gasteiger partial charge on any atom is -0.493 e. The van der Waals surface area contributed by atoms with Crippen LogP contribution in [0.3, 0.4) is 0 Å². The molecule has 1 saturated heterocycles. The van der Waals surface area contributed by atoms with Crippen LogP contribution in [0.15, 0.2) is 48.5 Å². The normalized spacial score (nSPS) is 14.5. The molecule has 0 atom stereocenters. The van der Waals surface area contributed by atoms with Crippen molar-refractivity contribution in [3.8, 4) is 11.5 Å². The van der Waals surface area contributed by atoms with Crippen molar-refractivity contribution >= 4 is 29.3 Å².